The number of amides is 1. The number of halogens is 2. The first-order valence-electron chi connectivity index (χ1n) is 8.71. The highest BCUT2D eigenvalue weighted by Crippen LogP contribution is 2.18. The van der Waals surface area contributed by atoms with Gasteiger partial charge in [0, 0.05) is 5.56 Å². The van der Waals surface area contributed by atoms with Gasteiger partial charge in [-0.1, -0.05) is 42.5 Å². The van der Waals surface area contributed by atoms with Crippen LogP contribution in [0.2, 0.25) is 0 Å². The predicted molar refractivity (Wildman–Crippen MR) is 106 cm³/mol. The van der Waals surface area contributed by atoms with E-state index in [0.717, 1.165) is 0 Å². The predicted octanol–water partition coefficient (Wildman–Crippen LogP) is 5.09. The van der Waals surface area contributed by atoms with E-state index < -0.39 is 11.7 Å². The van der Waals surface area contributed by atoms with Gasteiger partial charge in [0.2, 0.25) is 0 Å². The molecule has 0 spiro atoms. The number of para-hydroxylation sites is 1. The Morgan fingerprint density at radius 2 is 1.62 bits per heavy atom. The third kappa shape index (κ3) is 5.27. The van der Waals surface area contributed by atoms with Crippen LogP contribution in [0.25, 0.3) is 6.08 Å². The summed E-state index contributed by atoms with van der Waals surface area (Å²) in [6.45, 7) is 0.0797. The third-order valence-corrected chi connectivity index (χ3v) is 4.03. The highest BCUT2D eigenvalue weighted by Gasteiger charge is 2.12. The van der Waals surface area contributed by atoms with Crippen LogP contribution in [0.1, 0.15) is 11.1 Å². The second kappa shape index (κ2) is 9.29. The lowest BCUT2D eigenvalue weighted by molar-refractivity contribution is -0.112. The zero-order valence-electron chi connectivity index (χ0n) is 15.2. The van der Waals surface area contributed by atoms with Gasteiger partial charge >= 0.3 is 0 Å². The summed E-state index contributed by atoms with van der Waals surface area (Å²) in [5.74, 6) is -1.13. The maximum Gasteiger partial charge on any atom is 0.266 e. The molecule has 0 saturated carbocycles. The van der Waals surface area contributed by atoms with Gasteiger partial charge < -0.3 is 10.1 Å². The molecule has 0 bridgehead atoms. The quantitative estimate of drug-likeness (QED) is 0.471. The fraction of sp³-hybridized carbons (Fsp3) is 0.0435. The van der Waals surface area contributed by atoms with Gasteiger partial charge in [0.05, 0.1) is 5.69 Å². The minimum absolute atomic E-state index is 0.00413. The van der Waals surface area contributed by atoms with Crippen molar-refractivity contribution in [1.82, 2.24) is 0 Å². The van der Waals surface area contributed by atoms with E-state index in [-0.39, 0.29) is 23.7 Å². The molecule has 0 radical (unpaired) electrons. The van der Waals surface area contributed by atoms with Crippen molar-refractivity contribution in [2.24, 2.45) is 0 Å². The van der Waals surface area contributed by atoms with E-state index in [9.17, 15) is 18.8 Å². The molecule has 0 saturated heterocycles. The normalized spacial score (nSPS) is 10.9. The van der Waals surface area contributed by atoms with Crippen molar-refractivity contribution in [3.8, 4) is 11.8 Å². The number of nitrogens with zero attached hydrogens (tertiary/aromatic N) is 1. The molecule has 144 valence electrons. The Kier molecular flexibility index (Phi) is 6.33. The van der Waals surface area contributed by atoms with Gasteiger partial charge in [0.1, 0.15) is 35.6 Å². The number of nitriles is 1. The Morgan fingerprint density at radius 1 is 0.966 bits per heavy atom. The van der Waals surface area contributed by atoms with Crippen LogP contribution in [0.3, 0.4) is 0 Å². The molecule has 0 aliphatic carbocycles. The SMILES string of the molecule is N#C/C(=C/c1ccc(OCc2ccccc2F)cc1)C(=O)Nc1ccccc1F. The number of nitrogens with one attached hydrogen (secondary N) is 1. The standard InChI is InChI=1S/C23H16F2N2O2/c24-20-6-2-1-5-17(20)15-29-19-11-9-16(10-12-19)13-18(14-26)23(28)27-22-8-4-3-7-21(22)25/h1-13H,15H2,(H,27,28)/b18-13-. The van der Waals surface area contributed by atoms with E-state index in [4.69, 9.17) is 4.74 Å². The second-order valence-electron chi connectivity index (χ2n) is 6.05. The molecule has 0 unspecified atom stereocenters. The van der Waals surface area contributed by atoms with Crippen LogP contribution in [0, 0.1) is 23.0 Å². The van der Waals surface area contributed by atoms with E-state index in [1.807, 2.05) is 6.07 Å². The van der Waals surface area contributed by atoms with Crippen molar-refractivity contribution in [2.45, 2.75) is 6.61 Å². The van der Waals surface area contributed by atoms with Crippen LogP contribution in [0.4, 0.5) is 14.5 Å². The molecule has 1 amide bonds. The average molecular weight is 390 g/mol. The Balaban J connectivity index is 1.67. The third-order valence-electron chi connectivity index (χ3n) is 4.03. The Morgan fingerprint density at radius 3 is 2.28 bits per heavy atom. The zero-order chi connectivity index (χ0) is 20.6. The van der Waals surface area contributed by atoms with Crippen LogP contribution in [0.5, 0.6) is 5.75 Å². The van der Waals surface area contributed by atoms with Gasteiger partial charge in [-0.05, 0) is 42.0 Å². The molecule has 3 aromatic rings. The maximum atomic E-state index is 13.7. The number of hydrogen-bond acceptors (Lipinski definition) is 3. The first-order chi connectivity index (χ1) is 14.1. The number of rotatable bonds is 6. The van der Waals surface area contributed by atoms with E-state index in [2.05, 4.69) is 5.32 Å². The van der Waals surface area contributed by atoms with Crippen LogP contribution in [-0.2, 0) is 11.4 Å². The van der Waals surface area contributed by atoms with Crippen molar-refractivity contribution >= 4 is 17.7 Å². The summed E-state index contributed by atoms with van der Waals surface area (Å²) in [4.78, 5) is 12.2. The number of carbonyl (C=O) groups is 1. The van der Waals surface area contributed by atoms with E-state index in [1.54, 1.807) is 48.5 Å². The summed E-state index contributed by atoms with van der Waals surface area (Å²) < 4.78 is 32.8. The summed E-state index contributed by atoms with van der Waals surface area (Å²) in [5.41, 5.74) is 0.848. The second-order valence-corrected chi connectivity index (χ2v) is 6.05. The topological polar surface area (TPSA) is 62.1 Å². The maximum absolute atomic E-state index is 13.7. The molecule has 0 aromatic heterocycles. The summed E-state index contributed by atoms with van der Waals surface area (Å²) in [5, 5.41) is 11.6. The molecule has 0 fully saturated rings. The summed E-state index contributed by atoms with van der Waals surface area (Å²) in [7, 11) is 0. The minimum atomic E-state index is -0.711. The van der Waals surface area contributed by atoms with Crippen LogP contribution in [0.15, 0.2) is 78.4 Å². The fourth-order valence-corrected chi connectivity index (χ4v) is 2.50. The molecular weight excluding hydrogens is 374 g/mol. The number of ether oxygens (including phenoxy) is 1. The first-order valence-corrected chi connectivity index (χ1v) is 8.71. The molecule has 0 aliphatic rings. The highest BCUT2D eigenvalue weighted by atomic mass is 19.1. The molecular formula is C23H16F2N2O2. The largest absolute Gasteiger partial charge is 0.489 e. The van der Waals surface area contributed by atoms with Crippen LogP contribution in [-0.4, -0.2) is 5.91 Å². The lowest BCUT2D eigenvalue weighted by Crippen LogP contribution is -2.14. The molecule has 0 atom stereocenters. The molecule has 3 aromatic carbocycles. The van der Waals surface area contributed by atoms with Gasteiger partial charge in [0.25, 0.3) is 5.91 Å². The number of hydrogen-bond donors (Lipinski definition) is 1. The van der Waals surface area contributed by atoms with Gasteiger partial charge in [0.15, 0.2) is 0 Å². The summed E-state index contributed by atoms with van der Waals surface area (Å²) in [6, 6.07) is 20.5. The monoisotopic (exact) mass is 390 g/mol. The molecule has 29 heavy (non-hydrogen) atoms. The summed E-state index contributed by atoms with van der Waals surface area (Å²) in [6.07, 6.45) is 1.39. The first kappa shape index (κ1) is 19.8. The molecule has 0 aliphatic heterocycles. The summed E-state index contributed by atoms with van der Waals surface area (Å²) >= 11 is 0. The fourth-order valence-electron chi connectivity index (χ4n) is 2.50. The number of benzene rings is 3. The Labute approximate surface area is 166 Å². The number of carbonyl (C=O) groups excluding carboxylic acids is 1. The Hall–Kier alpha value is -3.98. The van der Waals surface area contributed by atoms with Gasteiger partial charge in [-0.25, -0.2) is 8.78 Å². The van der Waals surface area contributed by atoms with E-state index in [0.29, 0.717) is 16.9 Å². The van der Waals surface area contributed by atoms with E-state index in [1.165, 1.54) is 30.3 Å². The van der Waals surface area contributed by atoms with Crippen molar-refractivity contribution in [1.29, 1.82) is 5.26 Å². The van der Waals surface area contributed by atoms with Crippen molar-refractivity contribution < 1.29 is 18.3 Å². The van der Waals surface area contributed by atoms with E-state index >= 15 is 0 Å². The van der Waals surface area contributed by atoms with Gasteiger partial charge in [-0.3, -0.25) is 4.79 Å². The van der Waals surface area contributed by atoms with Crippen LogP contribution >= 0.6 is 0 Å². The highest BCUT2D eigenvalue weighted by molar-refractivity contribution is 6.09. The molecule has 3 rings (SSSR count). The van der Waals surface area contributed by atoms with Crippen LogP contribution < -0.4 is 10.1 Å². The van der Waals surface area contributed by atoms with Crippen molar-refractivity contribution in [2.75, 3.05) is 5.32 Å². The lowest BCUT2D eigenvalue weighted by atomic mass is 10.1. The zero-order valence-corrected chi connectivity index (χ0v) is 15.2. The van der Waals surface area contributed by atoms with Crippen molar-refractivity contribution in [3.63, 3.8) is 0 Å². The Bertz CT molecular complexity index is 1090. The smallest absolute Gasteiger partial charge is 0.266 e. The van der Waals surface area contributed by atoms with Crippen molar-refractivity contribution in [3.05, 3.63) is 101 Å². The van der Waals surface area contributed by atoms with Gasteiger partial charge in [-0.2, -0.15) is 5.26 Å². The minimum Gasteiger partial charge on any atom is -0.489 e. The molecule has 6 heteroatoms. The average Bonchev–Trinajstić information content (AvgIpc) is 2.74. The molecule has 0 heterocycles. The van der Waals surface area contributed by atoms with Gasteiger partial charge in [-0.15, -0.1) is 0 Å². The lowest BCUT2D eigenvalue weighted by Gasteiger charge is -2.08. The number of anilines is 1. The molecule has 4 nitrogen and oxygen atoms in total. The molecule has 1 N–H and O–H groups in total.